The third-order valence-corrected chi connectivity index (χ3v) is 3.91. The van der Waals surface area contributed by atoms with Gasteiger partial charge in [0.1, 0.15) is 0 Å². The quantitative estimate of drug-likeness (QED) is 0.824. The Hall–Kier alpha value is -2.14. The van der Waals surface area contributed by atoms with Crippen molar-refractivity contribution in [1.29, 1.82) is 0 Å². The van der Waals surface area contributed by atoms with Crippen LogP contribution in [0.2, 0.25) is 0 Å². The second kappa shape index (κ2) is 7.92. The molecule has 0 radical (unpaired) electrons. The highest BCUT2D eigenvalue weighted by molar-refractivity contribution is 5.76. The number of carbonyl (C=O) groups excluding carboxylic acids is 1. The summed E-state index contributed by atoms with van der Waals surface area (Å²) in [5.41, 5.74) is 2.94. The highest BCUT2D eigenvalue weighted by Crippen LogP contribution is 2.17. The van der Waals surface area contributed by atoms with Gasteiger partial charge in [-0.1, -0.05) is 30.3 Å². The molecule has 1 amide bonds. The van der Waals surface area contributed by atoms with Gasteiger partial charge >= 0.3 is 0 Å². The van der Waals surface area contributed by atoms with Crippen LogP contribution in [0.15, 0.2) is 36.5 Å². The molecule has 2 N–H and O–H groups in total. The van der Waals surface area contributed by atoms with Crippen LogP contribution in [-0.4, -0.2) is 26.8 Å². The number of hydrogen-bond donors (Lipinski definition) is 2. The number of aliphatic hydroxyl groups excluding tert-OH is 1. The van der Waals surface area contributed by atoms with Crippen LogP contribution >= 0.6 is 0 Å². The number of aromatic nitrogens is 2. The number of hydrogen-bond acceptors (Lipinski definition) is 3. The summed E-state index contributed by atoms with van der Waals surface area (Å²) in [4.78, 5) is 12.0. The summed E-state index contributed by atoms with van der Waals surface area (Å²) in [7, 11) is 1.88. The molecule has 0 spiro atoms. The lowest BCUT2D eigenvalue weighted by Gasteiger charge is -2.18. The molecule has 2 unspecified atom stereocenters. The van der Waals surface area contributed by atoms with E-state index in [9.17, 15) is 9.90 Å². The Morgan fingerprint density at radius 3 is 2.65 bits per heavy atom. The largest absolute Gasteiger partial charge is 0.388 e. The van der Waals surface area contributed by atoms with E-state index in [2.05, 4.69) is 10.4 Å². The molecule has 0 aliphatic heterocycles. The molecule has 0 saturated carbocycles. The van der Waals surface area contributed by atoms with Gasteiger partial charge in [0.15, 0.2) is 0 Å². The second-order valence-electron chi connectivity index (χ2n) is 6.04. The lowest BCUT2D eigenvalue weighted by atomic mass is 10.0. The first-order chi connectivity index (χ1) is 11.0. The maximum atomic E-state index is 12.0. The van der Waals surface area contributed by atoms with Gasteiger partial charge in [0.2, 0.25) is 5.91 Å². The van der Waals surface area contributed by atoms with Crippen LogP contribution in [0.1, 0.15) is 42.7 Å². The summed E-state index contributed by atoms with van der Waals surface area (Å²) in [5, 5.41) is 17.4. The normalized spacial score (nSPS) is 13.6. The van der Waals surface area contributed by atoms with E-state index in [1.54, 1.807) is 4.68 Å². The van der Waals surface area contributed by atoms with Gasteiger partial charge in [0.05, 0.1) is 11.8 Å². The van der Waals surface area contributed by atoms with E-state index < -0.39 is 6.10 Å². The number of benzene rings is 1. The zero-order valence-corrected chi connectivity index (χ0v) is 14.0. The average molecular weight is 315 g/mol. The first kappa shape index (κ1) is 17.2. The standard InChI is InChI=1S/C18H25N3O2/c1-13(11-17(22)15-7-5-4-6-8-15)19-18(23)10-9-16-12-21(3)20-14(16)2/h4-8,12-13,17,22H,9-11H2,1-3H3,(H,19,23). The molecule has 124 valence electrons. The fraction of sp³-hybridized carbons (Fsp3) is 0.444. The molecule has 2 rings (SSSR count). The lowest BCUT2D eigenvalue weighted by Crippen LogP contribution is -2.33. The van der Waals surface area contributed by atoms with Gasteiger partial charge in [-0.05, 0) is 37.8 Å². The molecule has 23 heavy (non-hydrogen) atoms. The number of aliphatic hydroxyl groups is 1. The van der Waals surface area contributed by atoms with Crippen molar-refractivity contribution in [3.05, 3.63) is 53.3 Å². The fourth-order valence-corrected chi connectivity index (χ4v) is 2.69. The van der Waals surface area contributed by atoms with E-state index in [-0.39, 0.29) is 11.9 Å². The second-order valence-corrected chi connectivity index (χ2v) is 6.04. The Kier molecular flexibility index (Phi) is 5.93. The zero-order valence-electron chi connectivity index (χ0n) is 14.0. The summed E-state index contributed by atoms with van der Waals surface area (Å²) < 4.78 is 1.77. The number of rotatable bonds is 7. The molecule has 0 aliphatic carbocycles. The molecular formula is C18H25N3O2. The van der Waals surface area contributed by atoms with Gasteiger partial charge in [-0.3, -0.25) is 9.48 Å². The van der Waals surface area contributed by atoms with Gasteiger partial charge < -0.3 is 10.4 Å². The molecular weight excluding hydrogens is 290 g/mol. The molecule has 2 aromatic rings. The van der Waals surface area contributed by atoms with Crippen molar-refractivity contribution in [2.45, 2.75) is 45.3 Å². The maximum Gasteiger partial charge on any atom is 0.220 e. The molecule has 0 aliphatic rings. The van der Waals surface area contributed by atoms with E-state index in [0.29, 0.717) is 19.3 Å². The molecule has 0 bridgehead atoms. The average Bonchev–Trinajstić information content (AvgIpc) is 2.83. The maximum absolute atomic E-state index is 12.0. The van der Waals surface area contributed by atoms with Gasteiger partial charge in [-0.25, -0.2) is 0 Å². The number of amides is 1. The van der Waals surface area contributed by atoms with Crippen molar-refractivity contribution < 1.29 is 9.90 Å². The smallest absolute Gasteiger partial charge is 0.220 e. The van der Waals surface area contributed by atoms with Crippen molar-refractivity contribution in [3.8, 4) is 0 Å². The minimum absolute atomic E-state index is 0.000940. The molecule has 0 saturated heterocycles. The van der Waals surface area contributed by atoms with E-state index in [4.69, 9.17) is 0 Å². The van der Waals surface area contributed by atoms with Crippen LogP contribution in [0.4, 0.5) is 0 Å². The first-order valence-electron chi connectivity index (χ1n) is 7.97. The van der Waals surface area contributed by atoms with Gasteiger partial charge in [-0.15, -0.1) is 0 Å². The summed E-state index contributed by atoms with van der Waals surface area (Å²) in [6.45, 7) is 3.87. The molecule has 1 aromatic heterocycles. The van der Waals surface area contributed by atoms with E-state index in [1.807, 2.05) is 57.4 Å². The zero-order chi connectivity index (χ0) is 16.8. The van der Waals surface area contributed by atoms with Crippen LogP contribution in [0, 0.1) is 6.92 Å². The van der Waals surface area contributed by atoms with E-state index >= 15 is 0 Å². The van der Waals surface area contributed by atoms with Crippen molar-refractivity contribution in [2.24, 2.45) is 7.05 Å². The summed E-state index contributed by atoms with van der Waals surface area (Å²) in [6, 6.07) is 9.43. The minimum Gasteiger partial charge on any atom is -0.388 e. The Balaban J connectivity index is 1.77. The monoisotopic (exact) mass is 315 g/mol. The number of nitrogens with one attached hydrogen (secondary N) is 1. The lowest BCUT2D eigenvalue weighted by molar-refractivity contribution is -0.121. The highest BCUT2D eigenvalue weighted by atomic mass is 16.3. The predicted molar refractivity (Wildman–Crippen MR) is 89.9 cm³/mol. The SMILES string of the molecule is Cc1nn(C)cc1CCC(=O)NC(C)CC(O)c1ccccc1. The Morgan fingerprint density at radius 2 is 2.04 bits per heavy atom. The van der Waals surface area contributed by atoms with Crippen LogP contribution < -0.4 is 5.32 Å². The Bertz CT molecular complexity index is 637. The summed E-state index contributed by atoms with van der Waals surface area (Å²) >= 11 is 0. The summed E-state index contributed by atoms with van der Waals surface area (Å²) in [6.07, 6.45) is 3.00. The van der Waals surface area contributed by atoms with E-state index in [0.717, 1.165) is 16.8 Å². The Labute approximate surface area is 137 Å². The van der Waals surface area contributed by atoms with Crippen LogP contribution in [0.3, 0.4) is 0 Å². The van der Waals surface area contributed by atoms with Crippen LogP contribution in [0.25, 0.3) is 0 Å². The highest BCUT2D eigenvalue weighted by Gasteiger charge is 2.14. The van der Waals surface area contributed by atoms with E-state index in [1.165, 1.54) is 0 Å². The topological polar surface area (TPSA) is 67.2 Å². The minimum atomic E-state index is -0.563. The summed E-state index contributed by atoms with van der Waals surface area (Å²) in [5.74, 6) is 0.000940. The Morgan fingerprint density at radius 1 is 1.35 bits per heavy atom. The predicted octanol–water partition coefficient (Wildman–Crippen LogP) is 2.29. The van der Waals surface area contributed by atoms with Crippen LogP contribution in [0.5, 0.6) is 0 Å². The van der Waals surface area contributed by atoms with Crippen molar-refractivity contribution in [1.82, 2.24) is 15.1 Å². The molecule has 5 nitrogen and oxygen atoms in total. The number of nitrogens with zero attached hydrogens (tertiary/aromatic N) is 2. The van der Waals surface area contributed by atoms with Gasteiger partial charge in [0, 0.05) is 25.7 Å². The third kappa shape index (κ3) is 5.21. The van der Waals surface area contributed by atoms with Crippen molar-refractivity contribution in [3.63, 3.8) is 0 Å². The van der Waals surface area contributed by atoms with Gasteiger partial charge in [-0.2, -0.15) is 5.10 Å². The van der Waals surface area contributed by atoms with Gasteiger partial charge in [0.25, 0.3) is 0 Å². The molecule has 1 aromatic carbocycles. The number of carbonyl (C=O) groups is 1. The van der Waals surface area contributed by atoms with Crippen LogP contribution in [-0.2, 0) is 18.3 Å². The molecule has 0 fully saturated rings. The fourth-order valence-electron chi connectivity index (χ4n) is 2.69. The third-order valence-electron chi connectivity index (χ3n) is 3.91. The van der Waals surface area contributed by atoms with Crippen molar-refractivity contribution >= 4 is 5.91 Å². The molecule has 1 heterocycles. The van der Waals surface area contributed by atoms with Crippen molar-refractivity contribution in [2.75, 3.05) is 0 Å². The first-order valence-corrected chi connectivity index (χ1v) is 7.97. The molecule has 5 heteroatoms. The number of aryl methyl sites for hydroxylation is 3. The molecule has 2 atom stereocenters.